The summed E-state index contributed by atoms with van der Waals surface area (Å²) in [5.74, 6) is 0.601. The van der Waals surface area contributed by atoms with Crippen molar-refractivity contribution in [1.82, 2.24) is 14.6 Å². The molecule has 23 heavy (non-hydrogen) atoms. The third-order valence-electron chi connectivity index (χ3n) is 3.72. The third-order valence-corrected chi connectivity index (χ3v) is 5.65. The average Bonchev–Trinajstić information content (AvgIpc) is 3.20. The second kappa shape index (κ2) is 5.40. The van der Waals surface area contributed by atoms with Crippen molar-refractivity contribution in [3.8, 4) is 11.4 Å². The first-order valence-electron chi connectivity index (χ1n) is 7.14. The van der Waals surface area contributed by atoms with Gasteiger partial charge in [0.15, 0.2) is 5.82 Å². The second-order valence-electron chi connectivity index (χ2n) is 5.39. The first-order valence-corrected chi connectivity index (χ1v) is 8.84. The van der Waals surface area contributed by atoms with Gasteiger partial charge in [0.05, 0.1) is 4.53 Å². The summed E-state index contributed by atoms with van der Waals surface area (Å²) >= 11 is 3.01. The molecule has 114 valence electrons. The van der Waals surface area contributed by atoms with Gasteiger partial charge >= 0.3 is 0 Å². The summed E-state index contributed by atoms with van der Waals surface area (Å²) in [6.45, 7) is 4.08. The fourth-order valence-corrected chi connectivity index (χ4v) is 4.23. The number of rotatable bonds is 2. The highest BCUT2D eigenvalue weighted by Gasteiger charge is 2.14. The quantitative estimate of drug-likeness (QED) is 0.564. The summed E-state index contributed by atoms with van der Waals surface area (Å²) in [7, 11) is 0. The van der Waals surface area contributed by atoms with Crippen molar-refractivity contribution in [1.29, 1.82) is 0 Å². The fourth-order valence-electron chi connectivity index (χ4n) is 2.40. The molecule has 0 N–H and O–H groups in total. The fraction of sp³-hybridized carbons (Fsp3) is 0.118. The van der Waals surface area contributed by atoms with Gasteiger partial charge in [-0.1, -0.05) is 41.2 Å². The van der Waals surface area contributed by atoms with Gasteiger partial charge in [0.2, 0.25) is 4.96 Å². The molecular formula is C17H13N3OS2. The van der Waals surface area contributed by atoms with Crippen LogP contribution in [-0.4, -0.2) is 14.6 Å². The Balaban J connectivity index is 1.94. The minimum absolute atomic E-state index is 0.0571. The zero-order valence-electron chi connectivity index (χ0n) is 12.6. The average molecular weight is 339 g/mol. The van der Waals surface area contributed by atoms with E-state index in [1.54, 1.807) is 15.7 Å². The topological polar surface area (TPSA) is 47.3 Å². The molecule has 4 aromatic rings. The molecule has 0 aliphatic heterocycles. The Kier molecular flexibility index (Phi) is 3.36. The summed E-state index contributed by atoms with van der Waals surface area (Å²) < 4.78 is 2.29. The van der Waals surface area contributed by atoms with E-state index in [0.717, 1.165) is 10.4 Å². The SMILES string of the molecule is Cc1ccc(-c2nnc3s/c(=C/c4sccc4C)c(=O)n23)cc1. The van der Waals surface area contributed by atoms with Crippen LogP contribution in [0.2, 0.25) is 0 Å². The normalized spacial score (nSPS) is 12.3. The Bertz CT molecular complexity index is 1100. The maximum atomic E-state index is 12.8. The predicted molar refractivity (Wildman–Crippen MR) is 95.1 cm³/mol. The number of fused-ring (bicyclic) bond motifs is 1. The van der Waals surface area contributed by atoms with E-state index < -0.39 is 0 Å². The second-order valence-corrected chi connectivity index (χ2v) is 7.35. The number of thiophene rings is 1. The highest BCUT2D eigenvalue weighted by Crippen LogP contribution is 2.19. The van der Waals surface area contributed by atoms with Gasteiger partial charge in [-0.15, -0.1) is 21.5 Å². The Hall–Kier alpha value is -2.31. The number of nitrogens with zero attached hydrogens (tertiary/aromatic N) is 3. The van der Waals surface area contributed by atoms with Crippen LogP contribution in [0.25, 0.3) is 22.4 Å². The van der Waals surface area contributed by atoms with Crippen molar-refractivity contribution in [2.24, 2.45) is 0 Å². The lowest BCUT2D eigenvalue weighted by Gasteiger charge is -1.97. The number of aryl methyl sites for hydroxylation is 2. The molecule has 4 rings (SSSR count). The lowest BCUT2D eigenvalue weighted by Crippen LogP contribution is -2.23. The number of hydrogen-bond acceptors (Lipinski definition) is 5. The predicted octanol–water partition coefficient (Wildman–Crippen LogP) is 3.04. The van der Waals surface area contributed by atoms with Crippen LogP contribution in [0.4, 0.5) is 0 Å². The van der Waals surface area contributed by atoms with E-state index in [-0.39, 0.29) is 5.56 Å². The molecule has 0 spiro atoms. The monoisotopic (exact) mass is 339 g/mol. The van der Waals surface area contributed by atoms with Crippen LogP contribution in [0, 0.1) is 13.8 Å². The van der Waals surface area contributed by atoms with Crippen molar-refractivity contribution in [2.45, 2.75) is 13.8 Å². The molecule has 0 atom stereocenters. The molecule has 6 heteroatoms. The molecule has 3 aromatic heterocycles. The Morgan fingerprint density at radius 2 is 1.87 bits per heavy atom. The molecule has 0 aliphatic rings. The maximum Gasteiger partial charge on any atom is 0.276 e. The summed E-state index contributed by atoms with van der Waals surface area (Å²) in [5, 5.41) is 10.4. The van der Waals surface area contributed by atoms with Gasteiger partial charge in [-0.2, -0.15) is 0 Å². The van der Waals surface area contributed by atoms with Crippen LogP contribution < -0.4 is 10.1 Å². The largest absolute Gasteiger partial charge is 0.276 e. The molecule has 0 saturated heterocycles. The first-order chi connectivity index (χ1) is 11.1. The molecule has 0 fully saturated rings. The van der Waals surface area contributed by atoms with Gasteiger partial charge in [-0.25, -0.2) is 4.40 Å². The smallest absolute Gasteiger partial charge is 0.267 e. The maximum absolute atomic E-state index is 12.8. The molecule has 3 heterocycles. The van der Waals surface area contributed by atoms with Gasteiger partial charge < -0.3 is 0 Å². The van der Waals surface area contributed by atoms with E-state index in [2.05, 4.69) is 16.3 Å². The van der Waals surface area contributed by atoms with Crippen molar-refractivity contribution in [2.75, 3.05) is 0 Å². The van der Waals surface area contributed by atoms with Crippen molar-refractivity contribution in [3.63, 3.8) is 0 Å². The van der Waals surface area contributed by atoms with Crippen molar-refractivity contribution < 1.29 is 0 Å². The number of aromatic nitrogens is 3. The molecule has 0 aliphatic carbocycles. The van der Waals surface area contributed by atoms with Crippen LogP contribution in [0.5, 0.6) is 0 Å². The van der Waals surface area contributed by atoms with E-state index >= 15 is 0 Å². The van der Waals surface area contributed by atoms with E-state index in [1.165, 1.54) is 22.5 Å². The molecule has 1 aromatic carbocycles. The van der Waals surface area contributed by atoms with Crippen molar-refractivity contribution >= 4 is 33.7 Å². The molecule has 0 unspecified atom stereocenters. The standard InChI is InChI=1S/C17H13N3OS2/c1-10-3-5-12(6-4-10)15-18-19-17-20(15)16(21)14(23-17)9-13-11(2)7-8-22-13/h3-9H,1-2H3/b14-9+. The molecular weight excluding hydrogens is 326 g/mol. The Labute approximate surface area is 140 Å². The van der Waals surface area contributed by atoms with Gasteiger partial charge in [-0.05, 0) is 36.9 Å². The van der Waals surface area contributed by atoms with Crippen LogP contribution in [0.3, 0.4) is 0 Å². The van der Waals surface area contributed by atoms with Gasteiger partial charge in [0, 0.05) is 10.4 Å². The van der Waals surface area contributed by atoms with Crippen LogP contribution in [-0.2, 0) is 0 Å². The van der Waals surface area contributed by atoms with E-state index in [4.69, 9.17) is 0 Å². The summed E-state index contributed by atoms with van der Waals surface area (Å²) in [5.41, 5.74) is 3.19. The minimum Gasteiger partial charge on any atom is -0.267 e. The number of thiazole rings is 1. The van der Waals surface area contributed by atoms with E-state index in [1.807, 2.05) is 49.6 Å². The van der Waals surface area contributed by atoms with E-state index in [9.17, 15) is 4.79 Å². The number of hydrogen-bond donors (Lipinski definition) is 0. The Morgan fingerprint density at radius 3 is 2.57 bits per heavy atom. The lowest BCUT2D eigenvalue weighted by molar-refractivity contribution is 1.09. The summed E-state index contributed by atoms with van der Waals surface area (Å²) in [6, 6.07) is 10.0. The zero-order valence-corrected chi connectivity index (χ0v) is 14.2. The van der Waals surface area contributed by atoms with Gasteiger partial charge in [-0.3, -0.25) is 4.79 Å². The van der Waals surface area contributed by atoms with Crippen LogP contribution in [0.1, 0.15) is 16.0 Å². The molecule has 0 amide bonds. The minimum atomic E-state index is -0.0571. The van der Waals surface area contributed by atoms with Gasteiger partial charge in [0.25, 0.3) is 5.56 Å². The molecule has 4 nitrogen and oxygen atoms in total. The highest BCUT2D eigenvalue weighted by molar-refractivity contribution is 7.15. The number of benzene rings is 1. The summed E-state index contributed by atoms with van der Waals surface area (Å²) in [6.07, 6.45) is 1.95. The third kappa shape index (κ3) is 2.40. The van der Waals surface area contributed by atoms with Crippen molar-refractivity contribution in [3.05, 3.63) is 66.6 Å². The molecule has 0 radical (unpaired) electrons. The zero-order chi connectivity index (χ0) is 16.0. The summed E-state index contributed by atoms with van der Waals surface area (Å²) in [4.78, 5) is 14.5. The first kappa shape index (κ1) is 14.3. The lowest BCUT2D eigenvalue weighted by atomic mass is 10.1. The molecule has 0 saturated carbocycles. The molecule has 0 bridgehead atoms. The van der Waals surface area contributed by atoms with Crippen LogP contribution >= 0.6 is 22.7 Å². The van der Waals surface area contributed by atoms with Gasteiger partial charge in [0.1, 0.15) is 0 Å². The van der Waals surface area contributed by atoms with Crippen LogP contribution in [0.15, 0.2) is 40.5 Å². The Morgan fingerprint density at radius 1 is 1.09 bits per heavy atom. The van der Waals surface area contributed by atoms with E-state index in [0.29, 0.717) is 15.3 Å². The highest BCUT2D eigenvalue weighted by atomic mass is 32.1.